The highest BCUT2D eigenvalue weighted by atomic mass is 32.1. The third-order valence-electron chi connectivity index (χ3n) is 11.3. The summed E-state index contributed by atoms with van der Waals surface area (Å²) in [7, 11) is 8.44. The Morgan fingerprint density at radius 2 is 1.49 bits per heavy atom. The second-order valence-electron chi connectivity index (χ2n) is 16.2. The van der Waals surface area contributed by atoms with E-state index < -0.39 is 0 Å². The van der Waals surface area contributed by atoms with Crippen LogP contribution in [0.5, 0.6) is 0 Å². The van der Waals surface area contributed by atoms with E-state index in [4.69, 9.17) is 0 Å². The van der Waals surface area contributed by atoms with Crippen molar-refractivity contribution in [3.8, 4) is 0 Å². The van der Waals surface area contributed by atoms with E-state index in [9.17, 15) is 0 Å². The summed E-state index contributed by atoms with van der Waals surface area (Å²) in [6, 6.07) is 36.2. The fourth-order valence-electron chi connectivity index (χ4n) is 8.57. The summed E-state index contributed by atoms with van der Waals surface area (Å²) in [5, 5.41) is 13.7. The maximum Gasteiger partial charge on any atom is 0.164 e. The molecule has 0 radical (unpaired) electrons. The topological polar surface area (TPSA) is 21.5 Å². The number of unbranched alkanes of at least 4 members (excludes halogenated alkanes) is 2. The standard InChI is InChI=1S/C49H57N4S2/c1-48(28-16-30-51(3)4,35-39-19-14-33-54-39)43-25-23-37-17-8-10-21-41(37)46(43)50-29-12-7-13-31-53-45(27-32-52(5)6)49(2,36-40-20-15-34-55-40)44-26-24-38-18-9-11-22-42(38)47(44)53/h8-11,14-27,30,32-34,50H,7,12-13,28-29,31,35-36H2,1-6H3/q+1. The lowest BCUT2D eigenvalue weighted by Crippen LogP contribution is -2.31. The zero-order chi connectivity index (χ0) is 38.4. The van der Waals surface area contributed by atoms with E-state index in [1.54, 1.807) is 0 Å². The quantitative estimate of drug-likeness (QED) is 0.0602. The van der Waals surface area contributed by atoms with Crippen molar-refractivity contribution in [1.29, 1.82) is 0 Å². The van der Waals surface area contributed by atoms with E-state index in [0.29, 0.717) is 0 Å². The molecule has 0 spiro atoms. The molecule has 2 aromatic heterocycles. The second-order valence-corrected chi connectivity index (χ2v) is 18.2. The number of nitrogens with one attached hydrogen (secondary N) is 1. The van der Waals surface area contributed by atoms with E-state index in [1.165, 1.54) is 59.5 Å². The molecule has 6 aromatic rings. The van der Waals surface area contributed by atoms with Crippen molar-refractivity contribution in [2.24, 2.45) is 0 Å². The average Bonchev–Trinajstić information content (AvgIpc) is 3.93. The van der Waals surface area contributed by atoms with Crippen LogP contribution in [0.15, 0.2) is 132 Å². The molecule has 0 fully saturated rings. The molecule has 0 amide bonds. The number of thiophene rings is 2. The molecule has 55 heavy (non-hydrogen) atoms. The Labute approximate surface area is 337 Å². The van der Waals surface area contributed by atoms with Crippen molar-refractivity contribution in [1.82, 2.24) is 4.90 Å². The molecule has 3 heterocycles. The largest absolute Gasteiger partial charge is 0.384 e. The molecule has 2 unspecified atom stereocenters. The molecule has 0 aliphatic carbocycles. The number of allylic oxidation sites excluding steroid dienone is 3. The molecule has 4 aromatic carbocycles. The fraction of sp³-hybridized carbons (Fsp3) is 0.327. The fourth-order valence-corrected chi connectivity index (χ4v) is 10.3. The molecule has 4 nitrogen and oxygen atoms in total. The van der Waals surface area contributed by atoms with Gasteiger partial charge in [-0.05, 0) is 96.4 Å². The molecule has 6 heteroatoms. The highest BCUT2D eigenvalue weighted by Gasteiger charge is 2.44. The van der Waals surface area contributed by atoms with Gasteiger partial charge in [0.1, 0.15) is 14.1 Å². The van der Waals surface area contributed by atoms with Crippen LogP contribution < -0.4 is 10.2 Å². The Balaban J connectivity index is 1.13. The van der Waals surface area contributed by atoms with Crippen LogP contribution in [-0.2, 0) is 23.7 Å². The predicted molar refractivity (Wildman–Crippen MR) is 242 cm³/mol. The van der Waals surface area contributed by atoms with Crippen LogP contribution >= 0.6 is 22.7 Å². The van der Waals surface area contributed by atoms with Crippen molar-refractivity contribution in [2.75, 3.05) is 51.5 Å². The van der Waals surface area contributed by atoms with Crippen molar-refractivity contribution in [3.63, 3.8) is 0 Å². The molecule has 0 bridgehead atoms. The number of fused-ring (bicyclic) bond motifs is 4. The summed E-state index contributed by atoms with van der Waals surface area (Å²) >= 11 is 3.73. The minimum Gasteiger partial charge on any atom is -0.384 e. The van der Waals surface area contributed by atoms with Crippen molar-refractivity contribution >= 4 is 61.8 Å². The Kier molecular flexibility index (Phi) is 11.9. The number of benzene rings is 4. The molecule has 1 aliphatic heterocycles. The zero-order valence-corrected chi connectivity index (χ0v) is 35.1. The van der Waals surface area contributed by atoms with Gasteiger partial charge in [0.25, 0.3) is 0 Å². The molecule has 2 atom stereocenters. The van der Waals surface area contributed by atoms with E-state index >= 15 is 0 Å². The highest BCUT2D eigenvalue weighted by molar-refractivity contribution is 7.10. The van der Waals surface area contributed by atoms with Gasteiger partial charge in [0.05, 0.1) is 5.69 Å². The van der Waals surface area contributed by atoms with Gasteiger partial charge in [-0.15, -0.1) is 22.7 Å². The van der Waals surface area contributed by atoms with Crippen LogP contribution in [-0.4, -0.2) is 57.0 Å². The Hall–Kier alpha value is -4.65. The maximum atomic E-state index is 4.02. The normalized spacial score (nSPS) is 17.3. The Bertz CT molecular complexity index is 2290. The first-order valence-electron chi connectivity index (χ1n) is 19.8. The van der Waals surface area contributed by atoms with Gasteiger partial charge in [0, 0.05) is 76.0 Å². The van der Waals surface area contributed by atoms with Crippen LogP contribution in [0, 0.1) is 0 Å². The molecule has 1 N–H and O–H groups in total. The number of rotatable bonds is 16. The summed E-state index contributed by atoms with van der Waals surface area (Å²) in [5.41, 5.74) is 6.74. The third kappa shape index (κ3) is 8.46. The molecular weight excluding hydrogens is 709 g/mol. The molecule has 0 saturated heterocycles. The van der Waals surface area contributed by atoms with Crippen molar-refractivity contribution in [3.05, 3.63) is 153 Å². The summed E-state index contributed by atoms with van der Waals surface area (Å²) in [6.45, 7) is 6.84. The smallest absolute Gasteiger partial charge is 0.164 e. The van der Waals surface area contributed by atoms with E-state index in [2.05, 4.69) is 194 Å². The first-order valence-corrected chi connectivity index (χ1v) is 21.6. The minimum absolute atomic E-state index is 0.0578. The Morgan fingerprint density at radius 1 is 0.800 bits per heavy atom. The highest BCUT2D eigenvalue weighted by Crippen LogP contribution is 2.52. The molecule has 284 valence electrons. The van der Waals surface area contributed by atoms with E-state index in [0.717, 1.165) is 51.6 Å². The SMILES string of the molecule is CN(C)C=CCC(C)(Cc1cccs1)c1ccc2ccccc2c1NCCCCCN1C(=CC=[N+](C)C)C(C)(Cc2cccs2)c2ccc3ccccc3c21. The molecule has 7 rings (SSSR count). The molecular formula is C49H57N4S2+. The average molecular weight is 766 g/mol. The maximum absolute atomic E-state index is 4.02. The minimum atomic E-state index is -0.124. The number of hydrogen-bond donors (Lipinski definition) is 1. The van der Waals surface area contributed by atoms with Crippen LogP contribution in [0.25, 0.3) is 21.5 Å². The van der Waals surface area contributed by atoms with E-state index in [-0.39, 0.29) is 10.8 Å². The van der Waals surface area contributed by atoms with Gasteiger partial charge in [-0.2, -0.15) is 0 Å². The third-order valence-corrected chi connectivity index (χ3v) is 13.1. The summed E-state index contributed by atoms with van der Waals surface area (Å²) in [5.74, 6) is 0. The van der Waals surface area contributed by atoms with Gasteiger partial charge in [0.15, 0.2) is 6.21 Å². The lowest BCUT2D eigenvalue weighted by atomic mass is 9.74. The number of hydrogen-bond acceptors (Lipinski definition) is 5. The second kappa shape index (κ2) is 17.0. The van der Waals surface area contributed by atoms with E-state index in [1.807, 2.05) is 22.7 Å². The van der Waals surface area contributed by atoms with Crippen molar-refractivity contribution in [2.45, 2.75) is 63.2 Å². The van der Waals surface area contributed by atoms with Gasteiger partial charge in [-0.3, -0.25) is 0 Å². The molecule has 1 aliphatic rings. The molecule has 0 saturated carbocycles. The Morgan fingerprint density at radius 3 is 2.20 bits per heavy atom. The van der Waals surface area contributed by atoms with Crippen molar-refractivity contribution < 1.29 is 4.58 Å². The predicted octanol–water partition coefficient (Wildman–Crippen LogP) is 11.9. The lowest BCUT2D eigenvalue weighted by molar-refractivity contribution is -0.458. The van der Waals surface area contributed by atoms with Gasteiger partial charge in [0.2, 0.25) is 0 Å². The first-order chi connectivity index (χ1) is 26.7. The van der Waals surface area contributed by atoms with Crippen LogP contribution in [0.3, 0.4) is 0 Å². The summed E-state index contributed by atoms with van der Waals surface area (Å²) in [4.78, 5) is 7.66. The van der Waals surface area contributed by atoms with Crippen LogP contribution in [0.2, 0.25) is 0 Å². The van der Waals surface area contributed by atoms with Gasteiger partial charge >= 0.3 is 0 Å². The summed E-state index contributed by atoms with van der Waals surface area (Å²) in [6.07, 6.45) is 15.5. The van der Waals surface area contributed by atoms with Crippen LogP contribution in [0.4, 0.5) is 11.4 Å². The summed E-state index contributed by atoms with van der Waals surface area (Å²) < 4.78 is 2.16. The van der Waals surface area contributed by atoms with Gasteiger partial charge < -0.3 is 15.1 Å². The number of anilines is 2. The van der Waals surface area contributed by atoms with Gasteiger partial charge in [-0.1, -0.05) is 97.9 Å². The van der Waals surface area contributed by atoms with Crippen LogP contribution in [0.1, 0.15) is 60.4 Å². The monoisotopic (exact) mass is 765 g/mol. The zero-order valence-electron chi connectivity index (χ0n) is 33.5. The number of nitrogens with zero attached hydrogens (tertiary/aromatic N) is 3. The lowest BCUT2D eigenvalue weighted by Gasteiger charge is -2.32. The first kappa shape index (κ1) is 38.6. The van der Waals surface area contributed by atoms with Gasteiger partial charge in [-0.25, -0.2) is 4.58 Å².